The van der Waals surface area contributed by atoms with Gasteiger partial charge >= 0.3 is 42.1 Å². The van der Waals surface area contributed by atoms with Crippen molar-refractivity contribution in [1.82, 2.24) is 5.32 Å². The lowest BCUT2D eigenvalue weighted by Gasteiger charge is -2.67. The van der Waals surface area contributed by atoms with Crippen LogP contribution in [0.25, 0.3) is 0 Å². The molecule has 2 aromatic carbocycles. The quantitative estimate of drug-likeness (QED) is 0.0783. The maximum Gasteiger partial charge on any atom is 0.508 e. The Hall–Kier alpha value is -4.60. The van der Waals surface area contributed by atoms with Crippen LogP contribution in [0.1, 0.15) is 90.2 Å². The van der Waals surface area contributed by atoms with E-state index in [0.29, 0.717) is 0 Å². The van der Waals surface area contributed by atoms with Crippen LogP contribution in [0, 0.1) is 22.7 Å². The number of carbonyl (C=O) groups excluding carboxylic acids is 8. The maximum atomic E-state index is 16.2. The van der Waals surface area contributed by atoms with Crippen molar-refractivity contribution < 1.29 is 86.1 Å². The molecular weight excluding hydrogens is 1120 g/mol. The fourth-order valence-electron chi connectivity index (χ4n) is 10.5. The molecular formula is C50H55Cl6NO18. The molecule has 0 unspecified atom stereocenters. The topological polar surface area (TPSA) is 252 Å². The number of hydrogen-bond donors (Lipinski definition) is 2. The molecule has 19 nitrogen and oxygen atoms in total. The molecule has 0 spiro atoms. The molecule has 0 radical (unpaired) electrons. The zero-order chi connectivity index (χ0) is 55.8. The first kappa shape index (κ1) is 59.6. The molecule has 2 N–H and O–H groups in total. The van der Waals surface area contributed by atoms with Crippen LogP contribution in [0.3, 0.4) is 0 Å². The van der Waals surface area contributed by atoms with Crippen molar-refractivity contribution in [2.45, 2.75) is 130 Å². The van der Waals surface area contributed by atoms with Crippen LogP contribution in [0.4, 0.5) is 9.59 Å². The molecule has 2 bridgehead atoms. The number of aliphatic hydroxyl groups is 1. The fourth-order valence-corrected chi connectivity index (χ4v) is 10.8. The first-order valence-corrected chi connectivity index (χ1v) is 25.6. The molecule has 3 aliphatic carbocycles. The number of fused-ring (bicyclic) bond motifs is 5. The van der Waals surface area contributed by atoms with Gasteiger partial charge in [0.25, 0.3) is 0 Å². The number of ether oxygens (including phenoxy) is 9. The predicted molar refractivity (Wildman–Crippen MR) is 268 cm³/mol. The van der Waals surface area contributed by atoms with Crippen LogP contribution in [0.15, 0.2) is 71.8 Å². The summed E-state index contributed by atoms with van der Waals surface area (Å²) in [6.07, 6.45) is -14.6. The van der Waals surface area contributed by atoms with Gasteiger partial charge in [0, 0.05) is 32.1 Å². The van der Waals surface area contributed by atoms with Gasteiger partial charge in [-0.05, 0) is 42.7 Å². The van der Waals surface area contributed by atoms with E-state index in [0.717, 1.165) is 13.8 Å². The average molecular weight is 1170 g/mol. The number of alkyl carbamates (subject to hydrolysis) is 1. The molecule has 0 aromatic heterocycles. The first-order chi connectivity index (χ1) is 34.8. The van der Waals surface area contributed by atoms with E-state index in [9.17, 15) is 33.9 Å². The summed E-state index contributed by atoms with van der Waals surface area (Å²) >= 11 is 35.2. The van der Waals surface area contributed by atoms with Gasteiger partial charge in [-0.2, -0.15) is 0 Å². The van der Waals surface area contributed by atoms with Crippen molar-refractivity contribution in [1.29, 1.82) is 0 Å². The van der Waals surface area contributed by atoms with Gasteiger partial charge in [0.2, 0.25) is 13.7 Å². The monoisotopic (exact) mass is 1170 g/mol. The lowest BCUT2D eigenvalue weighted by molar-refractivity contribution is -0.346. The minimum atomic E-state index is -2.62. The Balaban J connectivity index is 1.60. The molecule has 2 saturated carbocycles. The van der Waals surface area contributed by atoms with E-state index in [2.05, 4.69) is 5.32 Å². The molecule has 2 aromatic rings. The van der Waals surface area contributed by atoms with Gasteiger partial charge in [0.05, 0.1) is 29.4 Å². The second-order valence-corrected chi connectivity index (χ2v) is 24.7. The minimum absolute atomic E-state index is 0.0166. The third-order valence-corrected chi connectivity index (χ3v) is 14.7. The molecule has 1 aliphatic heterocycles. The SMILES string of the molecule is CC(=O)O[C@H]1C(=O)[C@]2(C)[C@@H](OC(=O)OCC(Cl)(Cl)Cl)C[C@H]3OC[C@@]3(OC(C)=O)[C@H]2[C@H](OC(=O)c2ccccc2)[C@]2(O)C[C@H](OC(=O)[C@H](OC(=O)C(C)C)[C@@H](NC(=O)OCC(Cl)(Cl)Cl)c3ccccc3)C(C)=C1C2(C)C. The van der Waals surface area contributed by atoms with Crippen molar-refractivity contribution in [3.05, 3.63) is 82.9 Å². The van der Waals surface area contributed by atoms with Crippen LogP contribution in [-0.4, -0.2) is 128 Å². The smallest absolute Gasteiger partial charge is 0.455 e. The molecule has 3 fully saturated rings. The number of benzene rings is 2. The van der Waals surface area contributed by atoms with Crippen molar-refractivity contribution in [3.63, 3.8) is 0 Å². The predicted octanol–water partition coefficient (Wildman–Crippen LogP) is 8.14. The minimum Gasteiger partial charge on any atom is -0.455 e. The number of ketones is 1. The number of Topliss-reactive ketones (excluding diaryl/α,β-unsaturated/α-hetero) is 1. The Kier molecular flexibility index (Phi) is 18.1. The second kappa shape index (κ2) is 22.8. The average Bonchev–Trinajstić information content (AvgIpc) is 3.31. The van der Waals surface area contributed by atoms with E-state index in [-0.39, 0.29) is 22.3 Å². The zero-order valence-corrected chi connectivity index (χ0v) is 46.2. The van der Waals surface area contributed by atoms with Crippen molar-refractivity contribution in [2.75, 3.05) is 19.8 Å². The Morgan fingerprint density at radius 2 is 1.39 bits per heavy atom. The Bertz CT molecular complexity index is 2570. The third kappa shape index (κ3) is 12.6. The number of esters is 5. The molecule has 410 valence electrons. The summed E-state index contributed by atoms with van der Waals surface area (Å²) < 4.78 is 48.7. The Morgan fingerprint density at radius 3 is 1.92 bits per heavy atom. The third-order valence-electron chi connectivity index (χ3n) is 14.0. The molecule has 11 atom stereocenters. The first-order valence-electron chi connectivity index (χ1n) is 23.4. The van der Waals surface area contributed by atoms with Gasteiger partial charge < -0.3 is 53.1 Å². The lowest BCUT2D eigenvalue weighted by Crippen LogP contribution is -2.82. The number of alkyl halides is 6. The Labute approximate surface area is 461 Å². The lowest BCUT2D eigenvalue weighted by atomic mass is 9.44. The number of rotatable bonds is 14. The van der Waals surface area contributed by atoms with E-state index in [1.54, 1.807) is 24.3 Å². The standard InChI is InChI=1S/C50H55Cl6NO18/c1-24(2)40(61)73-36(34(28-15-11-9-12-16-28)57-43(64)68-22-49(51,52)53)42(63)71-30-20-48(66)39(74-41(62)29-17-13-10-14-18-29)37-46(8,38(60)35(70-26(4)58)33(25(30)3)45(48,6)7)31(72-44(65)69-23-50(54,55)56)19-32-47(37,21-67-32)75-27(5)59/h9-18,24,30-32,34-37,39,66H,19-23H2,1-8H3,(H,57,64)/t30-,31-,32+,34-,35+,36+,37-,39-,46+,47-,48+/m0/s1. The van der Waals surface area contributed by atoms with Crippen LogP contribution in [0.2, 0.25) is 0 Å². The summed E-state index contributed by atoms with van der Waals surface area (Å²) in [6, 6.07) is 13.7. The Morgan fingerprint density at radius 1 is 0.800 bits per heavy atom. The van der Waals surface area contributed by atoms with Crippen molar-refractivity contribution >= 4 is 117 Å². The van der Waals surface area contributed by atoms with Gasteiger partial charge in [-0.1, -0.05) is 146 Å². The number of nitrogens with one attached hydrogen (secondary N) is 1. The highest BCUT2D eigenvalue weighted by atomic mass is 35.6. The highest BCUT2D eigenvalue weighted by Crippen LogP contribution is 2.65. The highest BCUT2D eigenvalue weighted by Gasteiger charge is 2.79. The van der Waals surface area contributed by atoms with E-state index in [4.69, 9.17) is 112 Å². The largest absolute Gasteiger partial charge is 0.508 e. The number of hydrogen-bond acceptors (Lipinski definition) is 18. The van der Waals surface area contributed by atoms with Crippen LogP contribution in [-0.2, 0) is 66.6 Å². The summed E-state index contributed by atoms with van der Waals surface area (Å²) in [5.74, 6) is -8.91. The van der Waals surface area contributed by atoms with E-state index < -0.39 is 165 Å². The summed E-state index contributed by atoms with van der Waals surface area (Å²) in [4.78, 5) is 113. The summed E-state index contributed by atoms with van der Waals surface area (Å²) in [5.41, 5.74) is -8.77. The molecule has 1 amide bonds. The molecule has 1 saturated heterocycles. The molecule has 75 heavy (non-hydrogen) atoms. The van der Waals surface area contributed by atoms with Gasteiger partial charge in [-0.3, -0.25) is 19.2 Å². The van der Waals surface area contributed by atoms with Gasteiger partial charge in [-0.25, -0.2) is 19.2 Å². The maximum absolute atomic E-state index is 16.2. The van der Waals surface area contributed by atoms with Gasteiger partial charge in [-0.15, -0.1) is 0 Å². The summed E-state index contributed by atoms with van der Waals surface area (Å²) in [5, 5.41) is 16.6. The van der Waals surface area contributed by atoms with E-state index >= 15 is 9.59 Å². The van der Waals surface area contributed by atoms with Crippen molar-refractivity contribution in [3.8, 4) is 0 Å². The van der Waals surface area contributed by atoms with E-state index in [1.807, 2.05) is 0 Å². The second-order valence-electron chi connectivity index (χ2n) is 19.7. The van der Waals surface area contributed by atoms with Gasteiger partial charge in [0.15, 0.2) is 17.5 Å². The van der Waals surface area contributed by atoms with Crippen LogP contribution < -0.4 is 5.32 Å². The van der Waals surface area contributed by atoms with Crippen LogP contribution >= 0.6 is 69.6 Å². The van der Waals surface area contributed by atoms with Gasteiger partial charge in [0.1, 0.15) is 49.3 Å². The highest BCUT2D eigenvalue weighted by molar-refractivity contribution is 6.68. The van der Waals surface area contributed by atoms with Crippen LogP contribution in [0.5, 0.6) is 0 Å². The molecule has 1 heterocycles. The molecule has 6 rings (SSSR count). The fraction of sp³-hybridized carbons (Fsp3) is 0.560. The molecule has 4 aliphatic rings. The zero-order valence-electron chi connectivity index (χ0n) is 41.7. The summed E-state index contributed by atoms with van der Waals surface area (Å²) in [7, 11) is 0. The van der Waals surface area contributed by atoms with Crippen molar-refractivity contribution in [2.24, 2.45) is 22.7 Å². The summed E-state index contributed by atoms with van der Waals surface area (Å²) in [6.45, 7) is 8.71. The normalized spacial score (nSPS) is 28.7. The number of amides is 1. The van der Waals surface area contributed by atoms with E-state index in [1.165, 1.54) is 77.9 Å². The molecule has 25 heteroatoms. The number of carbonyl (C=O) groups is 8. The number of halogens is 6.